The number of ether oxygens (including phenoxy) is 1. The van der Waals surface area contributed by atoms with Gasteiger partial charge in [-0.2, -0.15) is 0 Å². The topological polar surface area (TPSA) is 36.0 Å². The van der Waals surface area contributed by atoms with Crippen molar-refractivity contribution >= 4 is 6.03 Å². The maximum atomic E-state index is 11.8. The van der Waals surface area contributed by atoms with E-state index in [1.165, 1.54) is 0 Å². The van der Waals surface area contributed by atoms with Crippen molar-refractivity contribution in [3.63, 3.8) is 0 Å². The zero-order valence-electron chi connectivity index (χ0n) is 11.7. The summed E-state index contributed by atoms with van der Waals surface area (Å²) >= 11 is 0. The van der Waals surface area contributed by atoms with Crippen LogP contribution in [0.3, 0.4) is 0 Å². The summed E-state index contributed by atoms with van der Waals surface area (Å²) in [6.45, 7) is 2.46. The van der Waals surface area contributed by atoms with Crippen molar-refractivity contribution in [3.8, 4) is 0 Å². The number of hydrogen-bond acceptors (Lipinski definition) is 3. The molecule has 0 spiro atoms. The fraction of sp³-hybridized carbons (Fsp3) is 0.917. The lowest BCUT2D eigenvalue weighted by molar-refractivity contribution is -0.0649. The van der Waals surface area contributed by atoms with Gasteiger partial charge in [-0.25, -0.2) is 4.79 Å². The number of rotatable bonds is 3. The Morgan fingerprint density at radius 1 is 1.24 bits per heavy atom. The monoisotopic (exact) mass is 243 g/mol. The number of likely N-dealkylation sites (N-methyl/N-ethyl adjacent to an activating group) is 1. The lowest BCUT2D eigenvalue weighted by Crippen LogP contribution is -2.53. The van der Waals surface area contributed by atoms with Gasteiger partial charge in [0.05, 0.1) is 5.60 Å². The molecule has 0 saturated carbocycles. The summed E-state index contributed by atoms with van der Waals surface area (Å²) in [5.41, 5.74) is -0.0907. The highest BCUT2D eigenvalue weighted by Crippen LogP contribution is 2.26. The first-order chi connectivity index (χ1) is 7.90. The summed E-state index contributed by atoms with van der Waals surface area (Å²) in [4.78, 5) is 17.5. The van der Waals surface area contributed by atoms with Crippen LogP contribution in [-0.2, 0) is 4.74 Å². The van der Waals surface area contributed by atoms with E-state index in [0.29, 0.717) is 0 Å². The van der Waals surface area contributed by atoms with Crippen LogP contribution < -0.4 is 0 Å². The van der Waals surface area contributed by atoms with Gasteiger partial charge in [-0.05, 0) is 26.9 Å². The first-order valence-corrected chi connectivity index (χ1v) is 6.06. The maximum absolute atomic E-state index is 11.8. The highest BCUT2D eigenvalue weighted by atomic mass is 16.5. The van der Waals surface area contributed by atoms with Crippen LogP contribution in [0.5, 0.6) is 0 Å². The van der Waals surface area contributed by atoms with E-state index in [-0.39, 0.29) is 11.6 Å². The smallest absolute Gasteiger partial charge is 0.319 e. The number of piperidine rings is 1. The second-order valence-electron chi connectivity index (χ2n) is 5.29. The van der Waals surface area contributed by atoms with E-state index in [1.807, 2.05) is 4.90 Å². The molecule has 1 aliphatic rings. The van der Waals surface area contributed by atoms with E-state index in [1.54, 1.807) is 26.1 Å². The lowest BCUT2D eigenvalue weighted by atomic mass is 9.90. The number of hydrogen-bond donors (Lipinski definition) is 0. The minimum atomic E-state index is -0.0907. The Labute approximate surface area is 104 Å². The third-order valence-corrected chi connectivity index (χ3v) is 3.37. The average molecular weight is 243 g/mol. The Morgan fingerprint density at radius 2 is 1.76 bits per heavy atom. The van der Waals surface area contributed by atoms with Gasteiger partial charge in [0.25, 0.3) is 0 Å². The maximum Gasteiger partial charge on any atom is 0.319 e. The average Bonchev–Trinajstić information content (AvgIpc) is 2.28. The van der Waals surface area contributed by atoms with Gasteiger partial charge in [0, 0.05) is 40.8 Å². The van der Waals surface area contributed by atoms with Crippen molar-refractivity contribution in [2.75, 3.05) is 54.9 Å². The Morgan fingerprint density at radius 3 is 2.12 bits per heavy atom. The molecule has 17 heavy (non-hydrogen) atoms. The van der Waals surface area contributed by atoms with Crippen LogP contribution in [0.15, 0.2) is 0 Å². The van der Waals surface area contributed by atoms with Crippen LogP contribution in [-0.4, -0.2) is 81.3 Å². The predicted molar refractivity (Wildman–Crippen MR) is 68.2 cm³/mol. The first kappa shape index (κ1) is 14.3. The SMILES string of the molecule is COC1(CN(C)C)CCN(C(=O)N(C)C)CC1. The number of urea groups is 1. The minimum Gasteiger partial charge on any atom is -0.377 e. The largest absolute Gasteiger partial charge is 0.377 e. The predicted octanol–water partition coefficient (Wildman–Crippen LogP) is 0.711. The Kier molecular flexibility index (Phi) is 4.77. The number of amides is 2. The second-order valence-corrected chi connectivity index (χ2v) is 5.29. The molecule has 0 aliphatic carbocycles. The fourth-order valence-electron chi connectivity index (χ4n) is 2.39. The summed E-state index contributed by atoms with van der Waals surface area (Å²) < 4.78 is 5.68. The third kappa shape index (κ3) is 3.57. The molecular weight excluding hydrogens is 218 g/mol. The molecule has 1 heterocycles. The molecule has 5 heteroatoms. The van der Waals surface area contributed by atoms with Crippen molar-refractivity contribution in [1.82, 2.24) is 14.7 Å². The van der Waals surface area contributed by atoms with Gasteiger partial charge in [0.15, 0.2) is 0 Å². The van der Waals surface area contributed by atoms with Crippen LogP contribution in [0, 0.1) is 0 Å². The molecule has 0 N–H and O–H groups in total. The summed E-state index contributed by atoms with van der Waals surface area (Å²) in [6, 6.07) is 0.0968. The Hall–Kier alpha value is -0.810. The fourth-order valence-corrected chi connectivity index (χ4v) is 2.39. The molecule has 0 bridgehead atoms. The van der Waals surface area contributed by atoms with Gasteiger partial charge >= 0.3 is 6.03 Å². The molecule has 1 fully saturated rings. The molecule has 0 aromatic heterocycles. The summed E-state index contributed by atoms with van der Waals surface area (Å²) in [5.74, 6) is 0. The highest BCUT2D eigenvalue weighted by molar-refractivity contribution is 5.73. The number of likely N-dealkylation sites (tertiary alicyclic amines) is 1. The molecule has 100 valence electrons. The quantitative estimate of drug-likeness (QED) is 0.732. The van der Waals surface area contributed by atoms with E-state index in [0.717, 1.165) is 32.5 Å². The van der Waals surface area contributed by atoms with Gasteiger partial charge in [-0.15, -0.1) is 0 Å². The van der Waals surface area contributed by atoms with Crippen molar-refractivity contribution in [2.45, 2.75) is 18.4 Å². The molecule has 0 aromatic carbocycles. The van der Waals surface area contributed by atoms with Crippen LogP contribution in [0.4, 0.5) is 4.79 Å². The van der Waals surface area contributed by atoms with Crippen molar-refractivity contribution in [2.24, 2.45) is 0 Å². The van der Waals surface area contributed by atoms with E-state index in [9.17, 15) is 4.79 Å². The summed E-state index contributed by atoms with van der Waals surface area (Å²) in [6.07, 6.45) is 1.81. The summed E-state index contributed by atoms with van der Waals surface area (Å²) in [5, 5.41) is 0. The van der Waals surface area contributed by atoms with Crippen molar-refractivity contribution < 1.29 is 9.53 Å². The molecule has 0 radical (unpaired) electrons. The first-order valence-electron chi connectivity index (χ1n) is 6.06. The molecule has 0 unspecified atom stereocenters. The van der Waals surface area contributed by atoms with E-state index < -0.39 is 0 Å². The normalized spacial score (nSPS) is 19.5. The van der Waals surface area contributed by atoms with Gasteiger partial charge in [0.1, 0.15) is 0 Å². The van der Waals surface area contributed by atoms with Crippen LogP contribution in [0.1, 0.15) is 12.8 Å². The van der Waals surface area contributed by atoms with Crippen molar-refractivity contribution in [3.05, 3.63) is 0 Å². The molecule has 0 aromatic rings. The van der Waals surface area contributed by atoms with Gasteiger partial charge in [0.2, 0.25) is 0 Å². The molecular formula is C12H25N3O2. The molecule has 1 rings (SSSR count). The van der Waals surface area contributed by atoms with E-state index in [2.05, 4.69) is 19.0 Å². The molecule has 1 saturated heterocycles. The second kappa shape index (κ2) is 5.69. The van der Waals surface area contributed by atoms with E-state index >= 15 is 0 Å². The zero-order chi connectivity index (χ0) is 13.1. The van der Waals surface area contributed by atoms with Gasteiger partial charge in [-0.1, -0.05) is 0 Å². The van der Waals surface area contributed by atoms with Crippen LogP contribution in [0.25, 0.3) is 0 Å². The highest BCUT2D eigenvalue weighted by Gasteiger charge is 2.36. The molecule has 5 nitrogen and oxygen atoms in total. The van der Waals surface area contributed by atoms with Crippen LogP contribution >= 0.6 is 0 Å². The number of nitrogens with zero attached hydrogens (tertiary/aromatic N) is 3. The lowest BCUT2D eigenvalue weighted by Gasteiger charge is -2.42. The number of methoxy groups -OCH3 is 1. The number of carbonyl (C=O) groups excluding carboxylic acids is 1. The Balaban J connectivity index is 2.56. The van der Waals surface area contributed by atoms with Gasteiger partial charge < -0.3 is 19.4 Å². The number of carbonyl (C=O) groups is 1. The van der Waals surface area contributed by atoms with Gasteiger partial charge in [-0.3, -0.25) is 0 Å². The van der Waals surface area contributed by atoms with Crippen molar-refractivity contribution in [1.29, 1.82) is 0 Å². The molecule has 0 atom stereocenters. The van der Waals surface area contributed by atoms with E-state index in [4.69, 9.17) is 4.74 Å². The molecule has 1 aliphatic heterocycles. The molecule has 2 amide bonds. The standard InChI is InChI=1S/C12H25N3O2/c1-13(2)10-12(17-5)6-8-15(9-7-12)11(16)14(3)4/h6-10H2,1-5H3. The zero-order valence-corrected chi connectivity index (χ0v) is 11.7. The summed E-state index contributed by atoms with van der Waals surface area (Å²) in [7, 11) is 9.46. The Bertz CT molecular complexity index is 258. The minimum absolute atomic E-state index is 0.0907. The van der Waals surface area contributed by atoms with Crippen LogP contribution in [0.2, 0.25) is 0 Å². The third-order valence-electron chi connectivity index (χ3n) is 3.37.